The predicted molar refractivity (Wildman–Crippen MR) is 86.0 cm³/mol. The fourth-order valence-corrected chi connectivity index (χ4v) is 2.80. The quantitative estimate of drug-likeness (QED) is 0.768. The number of primary amides is 1. The molecule has 1 aromatic carbocycles. The Bertz CT molecular complexity index is 935. The standard InChI is InChI=1S/C16H12ClF3N4O/c17-11-6-22-7-13-15(11)12(5-14(21)25)23-24(13)8-9-1-3-10(4-2-9)16(18,19)20/h1-4,6-7H,5,8H2,(H2,21,25). The molecular weight excluding hydrogens is 357 g/mol. The van der Waals surface area contributed by atoms with Crippen LogP contribution in [0.2, 0.25) is 5.02 Å². The molecule has 5 nitrogen and oxygen atoms in total. The maximum atomic E-state index is 12.6. The van der Waals surface area contributed by atoms with E-state index in [1.807, 2.05) is 0 Å². The van der Waals surface area contributed by atoms with Crippen LogP contribution in [0.1, 0.15) is 16.8 Å². The molecule has 0 aliphatic heterocycles. The van der Waals surface area contributed by atoms with Crippen LogP contribution in [0.3, 0.4) is 0 Å². The Balaban J connectivity index is 1.99. The van der Waals surface area contributed by atoms with E-state index in [0.29, 0.717) is 27.2 Å². The predicted octanol–water partition coefficient (Wildman–Crippen LogP) is 3.18. The molecule has 0 unspecified atom stereocenters. The molecule has 0 spiro atoms. The van der Waals surface area contributed by atoms with Gasteiger partial charge in [0.05, 0.1) is 41.0 Å². The lowest BCUT2D eigenvalue weighted by molar-refractivity contribution is -0.137. The molecule has 0 saturated carbocycles. The summed E-state index contributed by atoms with van der Waals surface area (Å²) < 4.78 is 39.5. The molecule has 0 saturated heterocycles. The maximum absolute atomic E-state index is 12.6. The van der Waals surface area contributed by atoms with Gasteiger partial charge in [0.1, 0.15) is 0 Å². The maximum Gasteiger partial charge on any atom is 0.416 e. The molecule has 3 rings (SSSR count). The summed E-state index contributed by atoms with van der Waals surface area (Å²) in [6.07, 6.45) is -1.52. The van der Waals surface area contributed by atoms with Gasteiger partial charge in [-0.2, -0.15) is 18.3 Å². The zero-order valence-electron chi connectivity index (χ0n) is 12.7. The molecule has 130 valence electrons. The number of fused-ring (bicyclic) bond motifs is 1. The first-order valence-electron chi connectivity index (χ1n) is 7.19. The Hall–Kier alpha value is -2.61. The molecule has 0 bridgehead atoms. The van der Waals surface area contributed by atoms with Crippen molar-refractivity contribution in [1.82, 2.24) is 14.8 Å². The Labute approximate surface area is 145 Å². The second kappa shape index (κ2) is 6.36. The molecule has 2 N–H and O–H groups in total. The van der Waals surface area contributed by atoms with Gasteiger partial charge in [0.2, 0.25) is 5.91 Å². The number of pyridine rings is 1. The van der Waals surface area contributed by atoms with Gasteiger partial charge < -0.3 is 5.73 Å². The van der Waals surface area contributed by atoms with Crippen molar-refractivity contribution in [3.63, 3.8) is 0 Å². The van der Waals surface area contributed by atoms with Gasteiger partial charge in [0, 0.05) is 11.6 Å². The first-order valence-corrected chi connectivity index (χ1v) is 7.57. The number of hydrogen-bond acceptors (Lipinski definition) is 3. The Morgan fingerprint density at radius 1 is 1.20 bits per heavy atom. The summed E-state index contributed by atoms with van der Waals surface area (Å²) in [6.45, 7) is 0.204. The van der Waals surface area contributed by atoms with E-state index in [2.05, 4.69) is 10.1 Å². The van der Waals surface area contributed by atoms with E-state index in [0.717, 1.165) is 12.1 Å². The number of aromatic nitrogens is 3. The van der Waals surface area contributed by atoms with Crippen LogP contribution in [0.4, 0.5) is 13.2 Å². The van der Waals surface area contributed by atoms with E-state index in [-0.39, 0.29) is 13.0 Å². The summed E-state index contributed by atoms with van der Waals surface area (Å²) >= 11 is 6.14. The number of nitrogens with two attached hydrogens (primary N) is 1. The molecule has 2 aromatic heterocycles. The summed E-state index contributed by atoms with van der Waals surface area (Å²) in [5.41, 5.74) is 6.10. The molecule has 3 aromatic rings. The third kappa shape index (κ3) is 3.58. The van der Waals surface area contributed by atoms with Gasteiger partial charge in [-0.15, -0.1) is 0 Å². The van der Waals surface area contributed by atoms with Crippen molar-refractivity contribution in [2.24, 2.45) is 5.73 Å². The number of nitrogens with zero attached hydrogens (tertiary/aromatic N) is 3. The number of carbonyl (C=O) groups excluding carboxylic acids is 1. The zero-order chi connectivity index (χ0) is 18.2. The minimum absolute atomic E-state index is 0.0970. The number of rotatable bonds is 4. The Morgan fingerprint density at radius 2 is 1.88 bits per heavy atom. The summed E-state index contributed by atoms with van der Waals surface area (Å²) in [7, 11) is 0. The van der Waals surface area contributed by atoms with Crippen molar-refractivity contribution in [1.29, 1.82) is 0 Å². The van der Waals surface area contributed by atoms with Gasteiger partial charge in [-0.1, -0.05) is 23.7 Å². The van der Waals surface area contributed by atoms with Crippen molar-refractivity contribution in [3.05, 3.63) is 58.5 Å². The highest BCUT2D eigenvalue weighted by Gasteiger charge is 2.30. The van der Waals surface area contributed by atoms with E-state index in [1.54, 1.807) is 0 Å². The monoisotopic (exact) mass is 368 g/mol. The number of alkyl halides is 3. The molecule has 25 heavy (non-hydrogen) atoms. The van der Waals surface area contributed by atoms with Gasteiger partial charge in [-0.05, 0) is 17.7 Å². The number of amides is 1. The van der Waals surface area contributed by atoms with E-state index in [4.69, 9.17) is 17.3 Å². The van der Waals surface area contributed by atoms with E-state index < -0.39 is 17.6 Å². The number of carbonyl (C=O) groups is 1. The molecule has 9 heteroatoms. The van der Waals surface area contributed by atoms with E-state index >= 15 is 0 Å². The summed E-state index contributed by atoms with van der Waals surface area (Å²) in [5, 5.41) is 5.21. The van der Waals surface area contributed by atoms with Crippen LogP contribution >= 0.6 is 11.6 Å². The molecule has 2 heterocycles. The first-order chi connectivity index (χ1) is 11.8. The second-order valence-corrected chi connectivity index (χ2v) is 5.86. The first kappa shape index (κ1) is 17.2. The van der Waals surface area contributed by atoms with Gasteiger partial charge in [-0.25, -0.2) is 0 Å². The van der Waals surface area contributed by atoms with Crippen LogP contribution in [0, 0.1) is 0 Å². The highest BCUT2D eigenvalue weighted by molar-refractivity contribution is 6.35. The average molecular weight is 369 g/mol. The Kier molecular flexibility index (Phi) is 4.38. The number of benzene rings is 1. The highest BCUT2D eigenvalue weighted by atomic mass is 35.5. The lowest BCUT2D eigenvalue weighted by atomic mass is 10.1. The average Bonchev–Trinajstić information content (AvgIpc) is 2.85. The van der Waals surface area contributed by atoms with Crippen molar-refractivity contribution in [2.75, 3.05) is 0 Å². The third-order valence-electron chi connectivity index (χ3n) is 3.64. The van der Waals surface area contributed by atoms with Gasteiger partial charge in [0.25, 0.3) is 0 Å². The van der Waals surface area contributed by atoms with Crippen molar-refractivity contribution in [2.45, 2.75) is 19.1 Å². The molecule has 0 fully saturated rings. The van der Waals surface area contributed by atoms with Crippen molar-refractivity contribution in [3.8, 4) is 0 Å². The van der Waals surface area contributed by atoms with E-state index in [9.17, 15) is 18.0 Å². The topological polar surface area (TPSA) is 73.8 Å². The van der Waals surface area contributed by atoms with Crippen LogP contribution in [0.5, 0.6) is 0 Å². The number of halogens is 4. The lowest BCUT2D eigenvalue weighted by Gasteiger charge is -2.08. The van der Waals surface area contributed by atoms with Crippen LogP contribution in [-0.2, 0) is 23.9 Å². The van der Waals surface area contributed by atoms with Crippen LogP contribution in [0.25, 0.3) is 10.9 Å². The fraction of sp³-hybridized carbons (Fsp3) is 0.188. The second-order valence-electron chi connectivity index (χ2n) is 5.46. The van der Waals surface area contributed by atoms with Gasteiger partial charge in [-0.3, -0.25) is 14.5 Å². The molecule has 0 aliphatic carbocycles. The van der Waals surface area contributed by atoms with Crippen LogP contribution in [-0.4, -0.2) is 20.7 Å². The van der Waals surface area contributed by atoms with E-state index in [1.165, 1.54) is 29.2 Å². The summed E-state index contributed by atoms with van der Waals surface area (Å²) in [4.78, 5) is 15.2. The minimum atomic E-state index is -4.39. The molecule has 1 amide bonds. The highest BCUT2D eigenvalue weighted by Crippen LogP contribution is 2.30. The number of hydrogen-bond donors (Lipinski definition) is 1. The van der Waals surface area contributed by atoms with Crippen molar-refractivity contribution >= 4 is 28.4 Å². The summed E-state index contributed by atoms with van der Waals surface area (Å²) in [6, 6.07) is 4.78. The zero-order valence-corrected chi connectivity index (χ0v) is 13.5. The Morgan fingerprint density at radius 3 is 2.48 bits per heavy atom. The third-order valence-corrected chi connectivity index (χ3v) is 3.93. The molecule has 0 aliphatic rings. The normalized spacial score (nSPS) is 11.8. The molecule has 0 radical (unpaired) electrons. The minimum Gasteiger partial charge on any atom is -0.369 e. The lowest BCUT2D eigenvalue weighted by Crippen LogP contribution is -2.14. The van der Waals surface area contributed by atoms with Gasteiger partial charge in [0.15, 0.2) is 0 Å². The van der Waals surface area contributed by atoms with Gasteiger partial charge >= 0.3 is 6.18 Å². The van der Waals surface area contributed by atoms with Crippen LogP contribution < -0.4 is 5.73 Å². The largest absolute Gasteiger partial charge is 0.416 e. The molecular formula is C16H12ClF3N4O. The van der Waals surface area contributed by atoms with Crippen LogP contribution in [0.15, 0.2) is 36.7 Å². The summed E-state index contributed by atoms with van der Waals surface area (Å²) in [5.74, 6) is -0.561. The fourth-order valence-electron chi connectivity index (χ4n) is 2.54. The SMILES string of the molecule is NC(=O)Cc1nn(Cc2ccc(C(F)(F)F)cc2)c2cncc(Cl)c12. The smallest absolute Gasteiger partial charge is 0.369 e. The van der Waals surface area contributed by atoms with Crippen molar-refractivity contribution < 1.29 is 18.0 Å². The molecule has 0 atom stereocenters.